The number of nitrogens with two attached hydrogens (primary N) is 1. The van der Waals surface area contributed by atoms with Crippen molar-refractivity contribution in [3.8, 4) is 5.75 Å². The predicted molar refractivity (Wildman–Crippen MR) is 75.2 cm³/mol. The van der Waals surface area contributed by atoms with Crippen LogP contribution in [0.2, 0.25) is 0 Å². The molecule has 0 bridgehead atoms. The minimum atomic E-state index is 0.508. The van der Waals surface area contributed by atoms with Crippen molar-refractivity contribution < 1.29 is 4.74 Å². The van der Waals surface area contributed by atoms with E-state index < -0.39 is 0 Å². The highest BCUT2D eigenvalue weighted by atomic mass is 16.5. The van der Waals surface area contributed by atoms with Crippen molar-refractivity contribution in [2.45, 2.75) is 33.7 Å². The molecule has 1 heterocycles. The van der Waals surface area contributed by atoms with Crippen molar-refractivity contribution in [2.75, 3.05) is 12.3 Å². The molecule has 2 N–H and O–H groups in total. The number of benzene rings is 1. The summed E-state index contributed by atoms with van der Waals surface area (Å²) in [5.74, 6) is 1.40. The van der Waals surface area contributed by atoms with Crippen LogP contribution in [0.15, 0.2) is 18.2 Å². The van der Waals surface area contributed by atoms with Crippen LogP contribution >= 0.6 is 0 Å². The van der Waals surface area contributed by atoms with Gasteiger partial charge in [0.1, 0.15) is 12.4 Å². The van der Waals surface area contributed by atoms with Crippen LogP contribution in [0.5, 0.6) is 5.75 Å². The molecule has 0 saturated carbocycles. The molecule has 0 aliphatic carbocycles. The van der Waals surface area contributed by atoms with E-state index in [9.17, 15) is 0 Å². The lowest BCUT2D eigenvalue weighted by Gasteiger charge is -2.09. The van der Waals surface area contributed by atoms with Crippen LogP contribution < -0.4 is 10.5 Å². The van der Waals surface area contributed by atoms with Crippen molar-refractivity contribution in [2.24, 2.45) is 0 Å². The normalized spacial score (nSPS) is 10.7. The molecule has 1 aromatic carbocycles. The summed E-state index contributed by atoms with van der Waals surface area (Å²) in [7, 11) is 0. The Morgan fingerprint density at radius 2 is 1.89 bits per heavy atom. The summed E-state index contributed by atoms with van der Waals surface area (Å²) in [6.07, 6.45) is 0.822. The molecular formula is C14H20N4O. The van der Waals surface area contributed by atoms with Gasteiger partial charge < -0.3 is 10.5 Å². The van der Waals surface area contributed by atoms with Crippen LogP contribution in [0.4, 0.5) is 5.82 Å². The van der Waals surface area contributed by atoms with Gasteiger partial charge in [-0.15, -0.1) is 5.10 Å². The van der Waals surface area contributed by atoms with Crippen molar-refractivity contribution in [3.05, 3.63) is 35.0 Å². The van der Waals surface area contributed by atoms with Gasteiger partial charge in [-0.25, -0.2) is 4.68 Å². The van der Waals surface area contributed by atoms with Gasteiger partial charge in [0.25, 0.3) is 0 Å². The molecule has 5 heteroatoms. The third kappa shape index (κ3) is 3.24. The Morgan fingerprint density at radius 1 is 1.21 bits per heavy atom. The first-order chi connectivity index (χ1) is 9.10. The summed E-state index contributed by atoms with van der Waals surface area (Å²) >= 11 is 0. The van der Waals surface area contributed by atoms with Gasteiger partial charge in [0.05, 0.1) is 12.2 Å². The zero-order valence-electron chi connectivity index (χ0n) is 11.7. The van der Waals surface area contributed by atoms with Crippen LogP contribution in [0.25, 0.3) is 0 Å². The molecule has 1 aromatic heterocycles. The highest BCUT2D eigenvalue weighted by molar-refractivity contribution is 5.33. The van der Waals surface area contributed by atoms with Gasteiger partial charge in [0.2, 0.25) is 0 Å². The fraction of sp³-hybridized carbons (Fsp3) is 0.429. The number of rotatable bonds is 5. The molecule has 19 heavy (non-hydrogen) atoms. The van der Waals surface area contributed by atoms with Crippen LogP contribution in [-0.4, -0.2) is 21.6 Å². The lowest BCUT2D eigenvalue weighted by atomic mass is 10.1. The SMILES string of the molecule is CCc1c(N)nnn1CCOc1cc(C)cc(C)c1. The number of nitrogen functional groups attached to an aromatic ring is 1. The minimum absolute atomic E-state index is 0.508. The van der Waals surface area contributed by atoms with Crippen molar-refractivity contribution >= 4 is 5.82 Å². The summed E-state index contributed by atoms with van der Waals surface area (Å²) < 4.78 is 7.55. The number of hydrogen-bond donors (Lipinski definition) is 1. The quantitative estimate of drug-likeness (QED) is 0.894. The molecule has 0 amide bonds. The summed E-state index contributed by atoms with van der Waals surface area (Å²) in [5.41, 5.74) is 9.11. The molecule has 0 saturated heterocycles. The zero-order valence-corrected chi connectivity index (χ0v) is 11.7. The van der Waals surface area contributed by atoms with Crippen molar-refractivity contribution in [1.82, 2.24) is 15.0 Å². The van der Waals surface area contributed by atoms with Gasteiger partial charge in [-0.2, -0.15) is 0 Å². The number of aryl methyl sites for hydroxylation is 2. The average molecular weight is 260 g/mol. The number of anilines is 1. The lowest BCUT2D eigenvalue weighted by Crippen LogP contribution is -2.12. The molecule has 0 aliphatic heterocycles. The molecule has 102 valence electrons. The minimum Gasteiger partial charge on any atom is -0.492 e. The van der Waals surface area contributed by atoms with Gasteiger partial charge in [-0.3, -0.25) is 0 Å². The van der Waals surface area contributed by atoms with E-state index in [2.05, 4.69) is 30.2 Å². The van der Waals surface area contributed by atoms with Crippen molar-refractivity contribution in [3.63, 3.8) is 0 Å². The van der Waals surface area contributed by atoms with E-state index in [4.69, 9.17) is 10.5 Å². The third-order valence-corrected chi connectivity index (χ3v) is 2.97. The number of nitrogens with zero attached hydrogens (tertiary/aromatic N) is 3. The van der Waals surface area contributed by atoms with E-state index in [-0.39, 0.29) is 0 Å². The Bertz CT molecular complexity index is 542. The molecular weight excluding hydrogens is 240 g/mol. The monoisotopic (exact) mass is 260 g/mol. The zero-order chi connectivity index (χ0) is 13.8. The third-order valence-electron chi connectivity index (χ3n) is 2.97. The molecule has 2 rings (SSSR count). The topological polar surface area (TPSA) is 66.0 Å². The van der Waals surface area contributed by atoms with E-state index in [1.807, 2.05) is 19.1 Å². The van der Waals surface area contributed by atoms with Crippen LogP contribution in [-0.2, 0) is 13.0 Å². The summed E-state index contributed by atoms with van der Waals surface area (Å²) in [5, 5.41) is 7.89. The highest BCUT2D eigenvalue weighted by Gasteiger charge is 2.07. The average Bonchev–Trinajstić information content (AvgIpc) is 2.69. The maximum atomic E-state index is 5.75. The van der Waals surface area contributed by atoms with Gasteiger partial charge >= 0.3 is 0 Å². The number of aromatic nitrogens is 3. The molecule has 0 radical (unpaired) electrons. The second-order valence-electron chi connectivity index (χ2n) is 4.67. The van der Waals surface area contributed by atoms with Gasteiger partial charge in [0.15, 0.2) is 5.82 Å². The van der Waals surface area contributed by atoms with E-state index in [0.717, 1.165) is 17.9 Å². The predicted octanol–water partition coefficient (Wildman–Crippen LogP) is 2.12. The largest absolute Gasteiger partial charge is 0.492 e. The Morgan fingerprint density at radius 3 is 2.53 bits per heavy atom. The van der Waals surface area contributed by atoms with E-state index in [1.54, 1.807) is 4.68 Å². The second-order valence-corrected chi connectivity index (χ2v) is 4.67. The fourth-order valence-corrected chi connectivity index (χ4v) is 2.16. The summed E-state index contributed by atoms with van der Waals surface area (Å²) in [4.78, 5) is 0. The van der Waals surface area contributed by atoms with Crippen LogP contribution in [0.1, 0.15) is 23.7 Å². The molecule has 0 atom stereocenters. The smallest absolute Gasteiger partial charge is 0.169 e. The van der Waals surface area contributed by atoms with Crippen LogP contribution in [0, 0.1) is 13.8 Å². The van der Waals surface area contributed by atoms with Gasteiger partial charge in [-0.1, -0.05) is 18.2 Å². The summed E-state index contributed by atoms with van der Waals surface area (Å²) in [6.45, 7) is 7.37. The Labute approximate surface area is 113 Å². The summed E-state index contributed by atoms with van der Waals surface area (Å²) in [6, 6.07) is 6.19. The first kappa shape index (κ1) is 13.4. The van der Waals surface area contributed by atoms with E-state index in [0.29, 0.717) is 19.0 Å². The number of hydrogen-bond acceptors (Lipinski definition) is 4. The van der Waals surface area contributed by atoms with Gasteiger partial charge in [-0.05, 0) is 43.5 Å². The highest BCUT2D eigenvalue weighted by Crippen LogP contribution is 2.16. The maximum absolute atomic E-state index is 5.75. The molecule has 0 fully saturated rings. The first-order valence-electron chi connectivity index (χ1n) is 6.49. The van der Waals surface area contributed by atoms with Crippen molar-refractivity contribution in [1.29, 1.82) is 0 Å². The molecule has 5 nitrogen and oxygen atoms in total. The Kier molecular flexibility index (Phi) is 4.04. The lowest BCUT2D eigenvalue weighted by molar-refractivity contribution is 0.287. The molecule has 0 aliphatic rings. The Balaban J connectivity index is 1.96. The maximum Gasteiger partial charge on any atom is 0.169 e. The first-order valence-corrected chi connectivity index (χ1v) is 6.49. The second kappa shape index (κ2) is 5.73. The van der Waals surface area contributed by atoms with Gasteiger partial charge in [0, 0.05) is 0 Å². The van der Waals surface area contributed by atoms with E-state index in [1.165, 1.54) is 11.1 Å². The standard InChI is InChI=1S/C14H20N4O/c1-4-13-14(15)16-17-18(13)5-6-19-12-8-10(2)7-11(3)9-12/h7-9H,4-6,15H2,1-3H3. The van der Waals surface area contributed by atoms with E-state index >= 15 is 0 Å². The Hall–Kier alpha value is -2.04. The molecule has 2 aromatic rings. The van der Waals surface area contributed by atoms with Crippen LogP contribution in [0.3, 0.4) is 0 Å². The number of ether oxygens (including phenoxy) is 1. The molecule has 0 spiro atoms. The fourth-order valence-electron chi connectivity index (χ4n) is 2.16. The molecule has 0 unspecified atom stereocenters.